The van der Waals surface area contributed by atoms with Crippen molar-refractivity contribution in [1.82, 2.24) is 4.90 Å². The highest BCUT2D eigenvalue weighted by Crippen LogP contribution is 2.54. The standard InChI is InChI=1S/C30H36FN3O4/c1-28(2)24-14-18-13-17(5-8-23(18)38-29(24,3)16-21(31)25(28)35)26(36)32-19-6-7-20-22(15-19)33-27(37)30(20)9-11-34(4)12-10-30/h5-8,13,15,21,24-25,35H,9-12,14,16H2,1-4H3,(H,32,36)(H,33,37)/t21-,24-,25-,29-/m1/s1. The lowest BCUT2D eigenvalue weighted by Gasteiger charge is -2.56. The first kappa shape index (κ1) is 25.3. The van der Waals surface area contributed by atoms with Crippen LogP contribution in [0.15, 0.2) is 36.4 Å². The normalized spacial score (nSPS) is 31.0. The Bertz CT molecular complexity index is 1320. The Morgan fingerprint density at radius 2 is 1.89 bits per heavy atom. The van der Waals surface area contributed by atoms with Gasteiger partial charge >= 0.3 is 0 Å². The van der Waals surface area contributed by atoms with Crippen molar-refractivity contribution in [2.45, 2.75) is 69.7 Å². The van der Waals surface area contributed by atoms with Gasteiger partial charge in [0.15, 0.2) is 0 Å². The lowest BCUT2D eigenvalue weighted by molar-refractivity contribution is -0.169. The molecule has 1 aliphatic carbocycles. The van der Waals surface area contributed by atoms with Gasteiger partial charge in [0, 0.05) is 34.7 Å². The van der Waals surface area contributed by atoms with E-state index in [9.17, 15) is 19.1 Å². The number of aliphatic hydroxyl groups excluding tert-OH is 1. The molecule has 2 fully saturated rings. The van der Waals surface area contributed by atoms with Crippen LogP contribution in [0.1, 0.15) is 61.5 Å². The Kier molecular flexibility index (Phi) is 5.67. The van der Waals surface area contributed by atoms with Gasteiger partial charge in [0.05, 0.1) is 11.5 Å². The summed E-state index contributed by atoms with van der Waals surface area (Å²) >= 11 is 0. The van der Waals surface area contributed by atoms with E-state index in [0.717, 1.165) is 42.7 Å². The molecule has 7 nitrogen and oxygen atoms in total. The number of aliphatic hydroxyl groups is 1. The Morgan fingerprint density at radius 3 is 2.63 bits per heavy atom. The Morgan fingerprint density at radius 1 is 1.16 bits per heavy atom. The third kappa shape index (κ3) is 3.75. The minimum Gasteiger partial charge on any atom is -0.487 e. The molecule has 2 amide bonds. The minimum absolute atomic E-state index is 0.0422. The third-order valence-electron chi connectivity index (χ3n) is 9.75. The molecule has 2 aromatic rings. The molecule has 4 aliphatic rings. The molecule has 38 heavy (non-hydrogen) atoms. The van der Waals surface area contributed by atoms with Gasteiger partial charge in [0.1, 0.15) is 17.5 Å². The van der Waals surface area contributed by atoms with E-state index in [1.165, 1.54) is 0 Å². The van der Waals surface area contributed by atoms with E-state index in [-0.39, 0.29) is 24.2 Å². The summed E-state index contributed by atoms with van der Waals surface area (Å²) in [6, 6.07) is 11.0. The first-order valence-electron chi connectivity index (χ1n) is 13.5. The van der Waals surface area contributed by atoms with Gasteiger partial charge in [-0.2, -0.15) is 0 Å². The number of hydrogen-bond donors (Lipinski definition) is 3. The maximum Gasteiger partial charge on any atom is 0.255 e. The fourth-order valence-electron chi connectivity index (χ4n) is 7.35. The Balaban J connectivity index is 1.22. The van der Waals surface area contributed by atoms with E-state index in [1.807, 2.05) is 45.0 Å². The fourth-order valence-corrected chi connectivity index (χ4v) is 7.35. The summed E-state index contributed by atoms with van der Waals surface area (Å²) in [7, 11) is 2.07. The van der Waals surface area contributed by atoms with Crippen LogP contribution < -0.4 is 15.4 Å². The van der Waals surface area contributed by atoms with Gasteiger partial charge < -0.3 is 25.4 Å². The Labute approximate surface area is 222 Å². The second kappa shape index (κ2) is 8.52. The maximum atomic E-state index is 14.7. The van der Waals surface area contributed by atoms with Crippen molar-refractivity contribution in [2.24, 2.45) is 11.3 Å². The summed E-state index contributed by atoms with van der Waals surface area (Å²) in [6.45, 7) is 7.44. The number of hydrogen-bond acceptors (Lipinski definition) is 5. The lowest BCUT2D eigenvalue weighted by Crippen LogP contribution is -2.62. The quantitative estimate of drug-likeness (QED) is 0.549. The molecule has 3 aliphatic heterocycles. The molecule has 3 N–H and O–H groups in total. The molecule has 6 rings (SSSR count). The number of benzene rings is 2. The molecule has 0 unspecified atom stereocenters. The predicted molar refractivity (Wildman–Crippen MR) is 143 cm³/mol. The average molecular weight is 522 g/mol. The van der Waals surface area contributed by atoms with E-state index >= 15 is 0 Å². The molecule has 3 heterocycles. The number of fused-ring (bicyclic) bond motifs is 4. The molecule has 202 valence electrons. The van der Waals surface area contributed by atoms with Crippen molar-refractivity contribution >= 4 is 23.2 Å². The largest absolute Gasteiger partial charge is 0.487 e. The Hall–Kier alpha value is -2.97. The summed E-state index contributed by atoms with van der Waals surface area (Å²) in [5, 5.41) is 16.6. The minimum atomic E-state index is -1.34. The monoisotopic (exact) mass is 521 g/mol. The number of nitrogens with one attached hydrogen (secondary N) is 2. The highest BCUT2D eigenvalue weighted by molar-refractivity contribution is 6.08. The van der Waals surface area contributed by atoms with E-state index in [4.69, 9.17) is 4.74 Å². The SMILES string of the molecule is CN1CCC2(CC1)C(=O)Nc1cc(NC(=O)c3ccc4c(c3)C[C@@H]3C(C)(C)[C@H](O)[C@H](F)C[C@@]3(C)O4)ccc12. The van der Waals surface area contributed by atoms with Gasteiger partial charge in [0.2, 0.25) is 5.91 Å². The van der Waals surface area contributed by atoms with Crippen LogP contribution in [0.5, 0.6) is 5.75 Å². The van der Waals surface area contributed by atoms with Crippen LogP contribution >= 0.6 is 0 Å². The number of alkyl halides is 1. The van der Waals surface area contributed by atoms with E-state index in [1.54, 1.807) is 12.1 Å². The van der Waals surface area contributed by atoms with Crippen LogP contribution in [0.2, 0.25) is 0 Å². The summed E-state index contributed by atoms with van der Waals surface area (Å²) in [4.78, 5) is 28.4. The zero-order valence-corrected chi connectivity index (χ0v) is 22.4. The van der Waals surface area contributed by atoms with Crippen LogP contribution in [0.25, 0.3) is 0 Å². The van der Waals surface area contributed by atoms with Crippen molar-refractivity contribution in [3.8, 4) is 5.75 Å². The van der Waals surface area contributed by atoms with Crippen molar-refractivity contribution < 1.29 is 23.8 Å². The van der Waals surface area contributed by atoms with Crippen molar-refractivity contribution in [3.05, 3.63) is 53.1 Å². The zero-order chi connectivity index (χ0) is 27.0. The highest BCUT2D eigenvalue weighted by atomic mass is 19.1. The molecule has 0 bridgehead atoms. The van der Waals surface area contributed by atoms with Crippen molar-refractivity contribution in [3.63, 3.8) is 0 Å². The van der Waals surface area contributed by atoms with Gasteiger partial charge in [-0.3, -0.25) is 9.59 Å². The molecule has 0 radical (unpaired) electrons. The second-order valence-corrected chi connectivity index (χ2v) is 12.5. The van der Waals surface area contributed by atoms with Crippen LogP contribution in [-0.4, -0.2) is 59.8 Å². The molecular formula is C30H36FN3O4. The molecule has 1 spiro atoms. The van der Waals surface area contributed by atoms with E-state index < -0.39 is 28.7 Å². The van der Waals surface area contributed by atoms with Crippen LogP contribution in [0.3, 0.4) is 0 Å². The van der Waals surface area contributed by atoms with E-state index in [2.05, 4.69) is 22.6 Å². The zero-order valence-electron chi connectivity index (χ0n) is 22.4. The summed E-state index contributed by atoms with van der Waals surface area (Å²) in [5.74, 6) is 0.338. The average Bonchev–Trinajstić information content (AvgIpc) is 3.13. The molecule has 8 heteroatoms. The molecule has 1 saturated carbocycles. The van der Waals surface area contributed by atoms with Gasteiger partial charge in [-0.05, 0) is 87.8 Å². The topological polar surface area (TPSA) is 90.9 Å². The molecule has 4 atom stereocenters. The smallest absolute Gasteiger partial charge is 0.255 e. The van der Waals surface area contributed by atoms with Gasteiger partial charge in [0.25, 0.3) is 5.91 Å². The van der Waals surface area contributed by atoms with Crippen molar-refractivity contribution in [2.75, 3.05) is 30.8 Å². The van der Waals surface area contributed by atoms with E-state index in [0.29, 0.717) is 23.4 Å². The van der Waals surface area contributed by atoms with Gasteiger partial charge in [-0.1, -0.05) is 19.9 Å². The van der Waals surface area contributed by atoms with Crippen LogP contribution in [-0.2, 0) is 16.6 Å². The van der Waals surface area contributed by atoms with Gasteiger partial charge in [-0.15, -0.1) is 0 Å². The molecule has 2 aromatic carbocycles. The third-order valence-corrected chi connectivity index (χ3v) is 9.75. The highest BCUT2D eigenvalue weighted by Gasteiger charge is 2.58. The number of nitrogens with zero attached hydrogens (tertiary/aromatic N) is 1. The fraction of sp³-hybridized carbons (Fsp3) is 0.533. The first-order chi connectivity index (χ1) is 17.9. The number of likely N-dealkylation sites (tertiary alicyclic amines) is 1. The summed E-state index contributed by atoms with van der Waals surface area (Å²) in [5.41, 5.74) is 1.87. The predicted octanol–water partition coefficient (Wildman–Crippen LogP) is 4.29. The summed E-state index contributed by atoms with van der Waals surface area (Å²) < 4.78 is 21.0. The lowest BCUT2D eigenvalue weighted by atomic mass is 9.57. The second-order valence-electron chi connectivity index (χ2n) is 12.5. The summed E-state index contributed by atoms with van der Waals surface area (Å²) in [6.07, 6.45) is -0.116. The number of ether oxygens (including phenoxy) is 1. The number of anilines is 2. The number of carbonyl (C=O) groups excluding carboxylic acids is 2. The molecule has 0 aromatic heterocycles. The number of carbonyl (C=O) groups is 2. The van der Waals surface area contributed by atoms with Crippen LogP contribution in [0.4, 0.5) is 15.8 Å². The number of halogens is 1. The molecule has 1 saturated heterocycles. The first-order valence-corrected chi connectivity index (χ1v) is 13.5. The number of rotatable bonds is 2. The van der Waals surface area contributed by atoms with Crippen LogP contribution in [0, 0.1) is 11.3 Å². The maximum absolute atomic E-state index is 14.7. The molecular weight excluding hydrogens is 485 g/mol. The van der Waals surface area contributed by atoms with Gasteiger partial charge in [-0.25, -0.2) is 4.39 Å². The number of piperidine rings is 1. The number of amides is 2. The van der Waals surface area contributed by atoms with Crippen molar-refractivity contribution in [1.29, 1.82) is 0 Å².